The molecule has 0 spiro atoms. The molecule has 0 aromatic carbocycles. The molecule has 0 amide bonds. The van der Waals surface area contributed by atoms with Gasteiger partial charge in [0.25, 0.3) is 0 Å². The molecule has 0 radical (unpaired) electrons. The number of pyridine rings is 1. The first-order valence-electron chi connectivity index (χ1n) is 11.7. The van der Waals surface area contributed by atoms with E-state index in [2.05, 4.69) is 10.3 Å². The summed E-state index contributed by atoms with van der Waals surface area (Å²) in [5.41, 5.74) is -0.627. The number of ether oxygens (including phenoxy) is 8. The van der Waals surface area contributed by atoms with Crippen molar-refractivity contribution in [3.05, 3.63) is 17.2 Å². The predicted molar refractivity (Wildman–Crippen MR) is 129 cm³/mol. The maximum atomic E-state index is 12.5. The third kappa shape index (κ3) is 8.02. The van der Waals surface area contributed by atoms with E-state index in [1.54, 1.807) is 0 Å². The first-order valence-corrected chi connectivity index (χ1v) is 11.7. The lowest BCUT2D eigenvalue weighted by atomic mass is 9.97. The van der Waals surface area contributed by atoms with Gasteiger partial charge in [0.2, 0.25) is 5.88 Å². The van der Waals surface area contributed by atoms with E-state index in [1.165, 1.54) is 7.11 Å². The van der Waals surface area contributed by atoms with Crippen molar-refractivity contribution in [1.29, 1.82) is 0 Å². The number of aromatic nitrogens is 1. The van der Waals surface area contributed by atoms with Crippen LogP contribution >= 0.6 is 0 Å². The fourth-order valence-electron chi connectivity index (χ4n) is 3.80. The number of rotatable bonds is 10. The highest BCUT2D eigenvalue weighted by molar-refractivity contribution is 6.05. The Balaban J connectivity index is 2.66. The zero-order chi connectivity index (χ0) is 30.1. The molecule has 220 valence electrons. The molecule has 16 heteroatoms. The summed E-state index contributed by atoms with van der Waals surface area (Å²) in [6, 6.07) is 1.12. The average molecular weight is 571 g/mol. The van der Waals surface area contributed by atoms with Crippen LogP contribution in [0.1, 0.15) is 48.4 Å². The lowest BCUT2D eigenvalue weighted by molar-refractivity contribution is -0.247. The summed E-state index contributed by atoms with van der Waals surface area (Å²) in [6.07, 6.45) is -6.94. The molecule has 5 atom stereocenters. The molecule has 1 saturated heterocycles. The smallest absolute Gasteiger partial charge is 0.344 e. The van der Waals surface area contributed by atoms with E-state index in [4.69, 9.17) is 37.9 Å². The maximum Gasteiger partial charge on any atom is 0.344 e. The SMILES string of the molecule is COC(=O)c1cc(N[C@@H]2O[C@H](COC(C)=O)[C@@H](OC(C)=O)[C@H](OC(C)=O)[C@H]2OC(C)=O)nc(OC)c1C(=O)OC. The summed E-state index contributed by atoms with van der Waals surface area (Å²) in [5, 5.41) is 2.79. The van der Waals surface area contributed by atoms with Crippen LogP contribution in [0.5, 0.6) is 5.88 Å². The van der Waals surface area contributed by atoms with Crippen molar-refractivity contribution in [2.45, 2.75) is 58.3 Å². The summed E-state index contributed by atoms with van der Waals surface area (Å²) in [6.45, 7) is 3.93. The molecule has 16 nitrogen and oxygen atoms in total. The van der Waals surface area contributed by atoms with Crippen molar-refractivity contribution in [3.8, 4) is 5.88 Å². The number of carbonyl (C=O) groups is 6. The van der Waals surface area contributed by atoms with Crippen LogP contribution in [0.15, 0.2) is 6.07 Å². The van der Waals surface area contributed by atoms with Gasteiger partial charge in [-0.2, -0.15) is 4.98 Å². The van der Waals surface area contributed by atoms with Crippen LogP contribution in [0.3, 0.4) is 0 Å². The highest BCUT2D eigenvalue weighted by Crippen LogP contribution is 2.32. The fourth-order valence-corrected chi connectivity index (χ4v) is 3.80. The van der Waals surface area contributed by atoms with Crippen LogP contribution < -0.4 is 10.1 Å². The predicted octanol–water partition coefficient (Wildman–Crippen LogP) is 0.158. The van der Waals surface area contributed by atoms with E-state index in [-0.39, 0.29) is 22.8 Å². The number of nitrogens with one attached hydrogen (secondary N) is 1. The number of esters is 6. The van der Waals surface area contributed by atoms with Crippen molar-refractivity contribution < 1.29 is 66.7 Å². The van der Waals surface area contributed by atoms with E-state index in [0.29, 0.717) is 0 Å². The average Bonchev–Trinajstić information content (AvgIpc) is 2.88. The molecule has 1 aromatic heterocycles. The second kappa shape index (κ2) is 14.1. The Kier molecular flexibility index (Phi) is 11.2. The third-order valence-corrected chi connectivity index (χ3v) is 5.26. The standard InChI is InChI=1S/C24H30N2O14/c1-10(27)36-9-15-18(37-11(2)28)19(38-12(3)29)20(39-13(4)30)22(40-15)26-16-8-14(23(31)34-6)17(24(32)35-7)21(25-16)33-5/h8,15,18-20,22H,9H2,1-7H3,(H,25,26)/t15-,18-,19+,20-,22-/m1/s1. The van der Waals surface area contributed by atoms with Gasteiger partial charge in [0.05, 0.1) is 26.9 Å². The number of hydrogen-bond acceptors (Lipinski definition) is 16. The van der Waals surface area contributed by atoms with E-state index in [9.17, 15) is 28.8 Å². The Morgan fingerprint density at radius 3 is 1.85 bits per heavy atom. The zero-order valence-electron chi connectivity index (χ0n) is 22.8. The normalized spacial score (nSPS) is 21.7. The number of carbonyl (C=O) groups excluding carboxylic acids is 6. The van der Waals surface area contributed by atoms with Gasteiger partial charge in [-0.3, -0.25) is 19.2 Å². The molecule has 0 unspecified atom stereocenters. The minimum Gasteiger partial charge on any atom is -0.480 e. The van der Waals surface area contributed by atoms with Gasteiger partial charge in [0, 0.05) is 27.7 Å². The molecule has 1 N–H and O–H groups in total. The van der Waals surface area contributed by atoms with Crippen molar-refractivity contribution in [3.63, 3.8) is 0 Å². The van der Waals surface area contributed by atoms with E-state index >= 15 is 0 Å². The number of hydrogen-bond donors (Lipinski definition) is 1. The molecule has 0 aliphatic carbocycles. The highest BCUT2D eigenvalue weighted by atomic mass is 16.7. The van der Waals surface area contributed by atoms with Crippen LogP contribution in [-0.2, 0) is 52.3 Å². The molecule has 2 rings (SSSR count). The molecule has 0 bridgehead atoms. The van der Waals surface area contributed by atoms with Crippen LogP contribution in [0, 0.1) is 0 Å². The molecular formula is C24H30N2O14. The second-order valence-corrected chi connectivity index (χ2v) is 8.19. The van der Waals surface area contributed by atoms with E-state index < -0.39 is 73.1 Å². The minimum absolute atomic E-state index is 0.147. The Hall–Kier alpha value is -4.47. The van der Waals surface area contributed by atoms with Gasteiger partial charge >= 0.3 is 35.8 Å². The quantitative estimate of drug-likeness (QED) is 0.294. The van der Waals surface area contributed by atoms with Crippen LogP contribution in [0.2, 0.25) is 0 Å². The van der Waals surface area contributed by atoms with E-state index in [1.807, 2.05) is 0 Å². The minimum atomic E-state index is -1.46. The Morgan fingerprint density at radius 2 is 1.35 bits per heavy atom. The Labute approximate surface area is 228 Å². The second-order valence-electron chi connectivity index (χ2n) is 8.19. The van der Waals surface area contributed by atoms with Gasteiger partial charge in [-0.25, -0.2) is 9.59 Å². The molecule has 1 aromatic rings. The Bertz CT molecular complexity index is 1150. The van der Waals surface area contributed by atoms with Gasteiger partial charge in [-0.15, -0.1) is 0 Å². The molecule has 40 heavy (non-hydrogen) atoms. The monoisotopic (exact) mass is 570 g/mol. The van der Waals surface area contributed by atoms with Gasteiger partial charge < -0.3 is 43.2 Å². The van der Waals surface area contributed by atoms with Crippen LogP contribution in [0.4, 0.5) is 5.82 Å². The molecule has 1 aliphatic rings. The van der Waals surface area contributed by atoms with Crippen molar-refractivity contribution in [2.24, 2.45) is 0 Å². The summed E-state index contributed by atoms with van der Waals surface area (Å²) < 4.78 is 41.7. The Morgan fingerprint density at radius 1 is 0.800 bits per heavy atom. The lowest BCUT2D eigenvalue weighted by Gasteiger charge is -2.44. The first kappa shape index (κ1) is 31.7. The van der Waals surface area contributed by atoms with E-state index in [0.717, 1.165) is 48.0 Å². The molecule has 1 aliphatic heterocycles. The molecular weight excluding hydrogens is 540 g/mol. The summed E-state index contributed by atoms with van der Waals surface area (Å²) >= 11 is 0. The number of anilines is 1. The number of nitrogens with zero attached hydrogens (tertiary/aromatic N) is 1. The first-order chi connectivity index (χ1) is 18.8. The fraction of sp³-hybridized carbons (Fsp3) is 0.542. The summed E-state index contributed by atoms with van der Waals surface area (Å²) in [4.78, 5) is 76.5. The van der Waals surface area contributed by atoms with Gasteiger partial charge in [0.15, 0.2) is 24.5 Å². The molecule has 2 heterocycles. The number of methoxy groups -OCH3 is 3. The third-order valence-electron chi connectivity index (χ3n) is 5.26. The van der Waals surface area contributed by atoms with Crippen molar-refractivity contribution >= 4 is 41.6 Å². The summed E-state index contributed by atoms with van der Waals surface area (Å²) in [7, 11) is 3.36. The van der Waals surface area contributed by atoms with Gasteiger partial charge in [-0.05, 0) is 6.07 Å². The highest BCUT2D eigenvalue weighted by Gasteiger charge is 2.52. The zero-order valence-corrected chi connectivity index (χ0v) is 22.8. The molecule has 0 saturated carbocycles. The van der Waals surface area contributed by atoms with Crippen molar-refractivity contribution in [2.75, 3.05) is 33.3 Å². The molecule has 1 fully saturated rings. The van der Waals surface area contributed by atoms with Crippen molar-refractivity contribution in [1.82, 2.24) is 4.98 Å². The lowest BCUT2D eigenvalue weighted by Crippen LogP contribution is -2.64. The maximum absolute atomic E-state index is 12.5. The topological polar surface area (TPSA) is 201 Å². The van der Waals surface area contributed by atoms with Crippen LogP contribution in [-0.4, -0.2) is 99.4 Å². The van der Waals surface area contributed by atoms with Gasteiger partial charge in [-0.1, -0.05) is 0 Å². The van der Waals surface area contributed by atoms with Crippen LogP contribution in [0.25, 0.3) is 0 Å². The summed E-state index contributed by atoms with van der Waals surface area (Å²) in [5.74, 6) is -5.48. The largest absolute Gasteiger partial charge is 0.480 e. The van der Waals surface area contributed by atoms with Gasteiger partial charge in [0.1, 0.15) is 24.1 Å².